The van der Waals surface area contributed by atoms with Crippen molar-refractivity contribution < 1.29 is 4.39 Å². The summed E-state index contributed by atoms with van der Waals surface area (Å²) in [7, 11) is 0. The molecule has 0 amide bonds. The predicted octanol–water partition coefficient (Wildman–Crippen LogP) is 3.16. The molecule has 1 nitrogen and oxygen atoms in total. The van der Waals surface area contributed by atoms with Crippen molar-refractivity contribution in [1.29, 1.82) is 0 Å². The van der Waals surface area contributed by atoms with E-state index >= 15 is 0 Å². The van der Waals surface area contributed by atoms with Crippen molar-refractivity contribution in [3.05, 3.63) is 11.9 Å². The molecule has 0 aliphatic rings. The fourth-order valence-electron chi connectivity index (χ4n) is 1.16. The molecule has 0 saturated carbocycles. The minimum atomic E-state index is 0.365. The van der Waals surface area contributed by atoms with Crippen LogP contribution in [-0.2, 0) is 0 Å². The second kappa shape index (κ2) is 8.72. The number of unbranched alkanes of at least 4 members (excludes halogenated alkanes) is 4. The molecule has 0 aromatic heterocycles. The van der Waals surface area contributed by atoms with Crippen molar-refractivity contribution in [3.63, 3.8) is 0 Å². The molecule has 0 radical (unpaired) electrons. The molecule has 0 atom stereocenters. The largest absolute Gasteiger partial charge is 0.327 e. The average Bonchev–Trinajstić information content (AvgIpc) is 2.11. The van der Waals surface area contributed by atoms with Crippen molar-refractivity contribution in [2.45, 2.75) is 45.4 Å². The average molecular weight is 173 g/mol. The van der Waals surface area contributed by atoms with E-state index in [1.165, 1.54) is 25.7 Å². The van der Waals surface area contributed by atoms with E-state index in [0.29, 0.717) is 12.9 Å². The molecular weight excluding hydrogens is 153 g/mol. The smallest absolute Gasteiger partial charge is 0.0871 e. The second-order valence-corrected chi connectivity index (χ2v) is 3.14. The van der Waals surface area contributed by atoms with Crippen LogP contribution in [0.5, 0.6) is 0 Å². The number of hydrogen-bond donors (Lipinski definition) is 1. The van der Waals surface area contributed by atoms with Gasteiger partial charge in [-0.25, -0.2) is 4.39 Å². The van der Waals surface area contributed by atoms with Crippen molar-refractivity contribution >= 4 is 0 Å². The fraction of sp³-hybridized carbons (Fsp3) is 0.800. The number of rotatable bonds is 7. The third-order valence-electron chi connectivity index (χ3n) is 2.02. The maximum absolute atomic E-state index is 12.0. The first-order chi connectivity index (χ1) is 5.85. The Hall–Kier alpha value is -0.370. The van der Waals surface area contributed by atoms with E-state index in [1.807, 2.05) is 0 Å². The molecule has 0 aromatic rings. The SMILES string of the molecule is CCCCCCCC(=CF)CN. The summed E-state index contributed by atoms with van der Waals surface area (Å²) < 4.78 is 12.0. The highest BCUT2D eigenvalue weighted by atomic mass is 19.1. The van der Waals surface area contributed by atoms with E-state index in [2.05, 4.69) is 6.92 Å². The Bertz CT molecular complexity index is 121. The first kappa shape index (κ1) is 11.6. The van der Waals surface area contributed by atoms with Crippen molar-refractivity contribution in [2.75, 3.05) is 6.54 Å². The first-order valence-corrected chi connectivity index (χ1v) is 4.83. The van der Waals surface area contributed by atoms with Gasteiger partial charge in [0.2, 0.25) is 0 Å². The molecule has 0 aliphatic heterocycles. The minimum absolute atomic E-state index is 0.365. The zero-order valence-electron chi connectivity index (χ0n) is 7.98. The lowest BCUT2D eigenvalue weighted by Gasteiger charge is -2.01. The molecule has 0 bridgehead atoms. The second-order valence-electron chi connectivity index (χ2n) is 3.14. The third kappa shape index (κ3) is 6.35. The minimum Gasteiger partial charge on any atom is -0.327 e. The van der Waals surface area contributed by atoms with Gasteiger partial charge in [0.1, 0.15) is 0 Å². The Labute approximate surface area is 74.8 Å². The van der Waals surface area contributed by atoms with Crippen LogP contribution in [0.3, 0.4) is 0 Å². The summed E-state index contributed by atoms with van der Waals surface area (Å²) >= 11 is 0. The molecule has 72 valence electrons. The molecule has 2 heteroatoms. The Morgan fingerprint density at radius 2 is 1.92 bits per heavy atom. The van der Waals surface area contributed by atoms with Gasteiger partial charge < -0.3 is 5.73 Å². The highest BCUT2D eigenvalue weighted by Crippen LogP contribution is 2.10. The Morgan fingerprint density at radius 1 is 1.25 bits per heavy atom. The van der Waals surface area contributed by atoms with Gasteiger partial charge >= 0.3 is 0 Å². The standard InChI is InChI=1S/C10H20FN/c1-2-3-4-5-6-7-10(8-11)9-12/h8H,2-7,9,12H2,1H3. The molecule has 0 aromatic carbocycles. The molecule has 0 rings (SSSR count). The molecule has 0 spiro atoms. The summed E-state index contributed by atoms with van der Waals surface area (Å²) in [6, 6.07) is 0. The quantitative estimate of drug-likeness (QED) is 0.588. The lowest BCUT2D eigenvalue weighted by Crippen LogP contribution is -2.02. The molecule has 0 saturated heterocycles. The van der Waals surface area contributed by atoms with Crippen LogP contribution in [0, 0.1) is 0 Å². The summed E-state index contributed by atoms with van der Waals surface area (Å²) in [6.07, 6.45) is 7.56. The maximum Gasteiger partial charge on any atom is 0.0871 e. The number of nitrogens with two attached hydrogens (primary N) is 1. The molecule has 0 aliphatic carbocycles. The van der Waals surface area contributed by atoms with Gasteiger partial charge in [0.15, 0.2) is 0 Å². The zero-order chi connectivity index (χ0) is 9.23. The van der Waals surface area contributed by atoms with Gasteiger partial charge in [-0.15, -0.1) is 0 Å². The van der Waals surface area contributed by atoms with Gasteiger partial charge in [-0.3, -0.25) is 0 Å². The van der Waals surface area contributed by atoms with Crippen LogP contribution in [0.4, 0.5) is 4.39 Å². The molecule has 12 heavy (non-hydrogen) atoms. The van der Waals surface area contributed by atoms with Gasteiger partial charge in [0, 0.05) is 6.54 Å². The van der Waals surface area contributed by atoms with Crippen LogP contribution < -0.4 is 5.73 Å². The van der Waals surface area contributed by atoms with Gasteiger partial charge in [0.05, 0.1) is 6.33 Å². The maximum atomic E-state index is 12.0. The van der Waals surface area contributed by atoms with E-state index in [9.17, 15) is 4.39 Å². The molecule has 2 N–H and O–H groups in total. The molecular formula is C10H20FN. The molecule has 0 fully saturated rings. The highest BCUT2D eigenvalue weighted by Gasteiger charge is 1.94. The first-order valence-electron chi connectivity index (χ1n) is 4.83. The lowest BCUT2D eigenvalue weighted by molar-refractivity contribution is 0.617. The summed E-state index contributed by atoms with van der Waals surface area (Å²) in [4.78, 5) is 0. The van der Waals surface area contributed by atoms with Crippen LogP contribution in [0.25, 0.3) is 0 Å². The highest BCUT2D eigenvalue weighted by molar-refractivity contribution is 4.98. The van der Waals surface area contributed by atoms with Crippen LogP contribution in [0.1, 0.15) is 45.4 Å². The van der Waals surface area contributed by atoms with Crippen molar-refractivity contribution in [3.8, 4) is 0 Å². The van der Waals surface area contributed by atoms with E-state index in [-0.39, 0.29) is 0 Å². The third-order valence-corrected chi connectivity index (χ3v) is 2.02. The summed E-state index contributed by atoms with van der Waals surface area (Å²) in [5.41, 5.74) is 6.06. The molecule has 0 unspecified atom stereocenters. The van der Waals surface area contributed by atoms with Crippen LogP contribution in [0.15, 0.2) is 11.9 Å². The monoisotopic (exact) mass is 173 g/mol. The number of halogens is 1. The topological polar surface area (TPSA) is 26.0 Å². The van der Waals surface area contributed by atoms with Crippen molar-refractivity contribution in [2.24, 2.45) is 5.73 Å². The van der Waals surface area contributed by atoms with E-state index in [0.717, 1.165) is 18.4 Å². The molecule has 0 heterocycles. The van der Waals surface area contributed by atoms with Crippen molar-refractivity contribution in [1.82, 2.24) is 0 Å². The fourth-order valence-corrected chi connectivity index (χ4v) is 1.16. The Balaban J connectivity index is 3.18. The lowest BCUT2D eigenvalue weighted by atomic mass is 10.1. The van der Waals surface area contributed by atoms with Gasteiger partial charge in [0.25, 0.3) is 0 Å². The van der Waals surface area contributed by atoms with Gasteiger partial charge in [-0.2, -0.15) is 0 Å². The Morgan fingerprint density at radius 3 is 2.42 bits per heavy atom. The normalized spacial score (nSPS) is 12.1. The summed E-state index contributed by atoms with van der Waals surface area (Å²) in [5, 5.41) is 0. The van der Waals surface area contributed by atoms with E-state index in [4.69, 9.17) is 5.73 Å². The zero-order valence-corrected chi connectivity index (χ0v) is 7.98. The Kier molecular flexibility index (Phi) is 8.46. The van der Waals surface area contributed by atoms with Gasteiger partial charge in [-0.05, 0) is 18.4 Å². The van der Waals surface area contributed by atoms with E-state index < -0.39 is 0 Å². The van der Waals surface area contributed by atoms with Crippen LogP contribution in [-0.4, -0.2) is 6.54 Å². The summed E-state index contributed by atoms with van der Waals surface area (Å²) in [6.45, 7) is 2.55. The van der Waals surface area contributed by atoms with Crippen LogP contribution in [0.2, 0.25) is 0 Å². The summed E-state index contributed by atoms with van der Waals surface area (Å²) in [5.74, 6) is 0. The van der Waals surface area contributed by atoms with Gasteiger partial charge in [-0.1, -0.05) is 32.6 Å². The van der Waals surface area contributed by atoms with E-state index in [1.54, 1.807) is 0 Å². The number of hydrogen-bond acceptors (Lipinski definition) is 1. The predicted molar refractivity (Wildman–Crippen MR) is 51.6 cm³/mol. The van der Waals surface area contributed by atoms with Crippen LogP contribution >= 0.6 is 0 Å².